The second-order valence-electron chi connectivity index (χ2n) is 6.43. The normalized spacial score (nSPS) is 13.0. The van der Waals surface area contributed by atoms with Gasteiger partial charge in [0, 0.05) is 16.0 Å². The van der Waals surface area contributed by atoms with Crippen molar-refractivity contribution in [3.05, 3.63) is 56.9 Å². The standard InChI is InChI=1S/C21H21ClN2O3S2/c1-2-27-20(26)18-14-8-4-6-10-16(14)29-19(18)24-21(28)23-17(25)12-11-13-7-3-5-9-15(13)22/h3,5,7,9,11-12H,2,4,6,8,10H2,1H3,(H2,23,24,25,28)/b12-11+. The van der Waals surface area contributed by atoms with E-state index in [0.29, 0.717) is 22.2 Å². The highest BCUT2D eigenvalue weighted by Gasteiger charge is 2.26. The monoisotopic (exact) mass is 448 g/mol. The molecule has 0 radical (unpaired) electrons. The number of rotatable bonds is 5. The summed E-state index contributed by atoms with van der Waals surface area (Å²) >= 11 is 12.8. The third kappa shape index (κ3) is 5.44. The smallest absolute Gasteiger partial charge is 0.341 e. The summed E-state index contributed by atoms with van der Waals surface area (Å²) in [5.41, 5.74) is 2.31. The van der Waals surface area contributed by atoms with E-state index < -0.39 is 0 Å². The fourth-order valence-electron chi connectivity index (χ4n) is 3.14. The highest BCUT2D eigenvalue weighted by atomic mass is 35.5. The van der Waals surface area contributed by atoms with Gasteiger partial charge < -0.3 is 10.1 Å². The Morgan fingerprint density at radius 1 is 1.28 bits per heavy atom. The molecule has 0 bridgehead atoms. The molecule has 0 saturated carbocycles. The van der Waals surface area contributed by atoms with Crippen molar-refractivity contribution in [1.29, 1.82) is 0 Å². The van der Waals surface area contributed by atoms with Crippen molar-refractivity contribution in [1.82, 2.24) is 5.32 Å². The number of esters is 1. The van der Waals surface area contributed by atoms with E-state index in [1.165, 1.54) is 22.3 Å². The zero-order chi connectivity index (χ0) is 20.8. The first-order valence-electron chi connectivity index (χ1n) is 9.35. The van der Waals surface area contributed by atoms with Crippen LogP contribution in [0.1, 0.15) is 46.1 Å². The molecule has 152 valence electrons. The van der Waals surface area contributed by atoms with Gasteiger partial charge in [0.2, 0.25) is 5.91 Å². The molecular weight excluding hydrogens is 428 g/mol. The lowest BCUT2D eigenvalue weighted by Crippen LogP contribution is -2.33. The average molecular weight is 449 g/mol. The van der Waals surface area contributed by atoms with Gasteiger partial charge in [0.25, 0.3) is 0 Å². The van der Waals surface area contributed by atoms with Crippen LogP contribution in [-0.4, -0.2) is 23.6 Å². The summed E-state index contributed by atoms with van der Waals surface area (Å²) in [4.78, 5) is 25.8. The highest BCUT2D eigenvalue weighted by molar-refractivity contribution is 7.80. The van der Waals surface area contributed by atoms with Crippen LogP contribution in [0.25, 0.3) is 6.08 Å². The second-order valence-corrected chi connectivity index (χ2v) is 8.35. The summed E-state index contributed by atoms with van der Waals surface area (Å²) in [6.45, 7) is 2.08. The van der Waals surface area contributed by atoms with Crippen LogP contribution in [0, 0.1) is 0 Å². The zero-order valence-corrected chi connectivity index (χ0v) is 18.3. The molecular formula is C21H21ClN2O3S2. The molecule has 8 heteroatoms. The molecule has 2 N–H and O–H groups in total. The number of anilines is 1. The molecule has 1 aliphatic rings. The Bertz CT molecular complexity index is 969. The Hall–Kier alpha value is -2.22. The highest BCUT2D eigenvalue weighted by Crippen LogP contribution is 2.38. The van der Waals surface area contributed by atoms with Crippen molar-refractivity contribution in [3.63, 3.8) is 0 Å². The van der Waals surface area contributed by atoms with Crippen molar-refractivity contribution >= 4 is 63.2 Å². The van der Waals surface area contributed by atoms with E-state index in [2.05, 4.69) is 10.6 Å². The van der Waals surface area contributed by atoms with Gasteiger partial charge in [-0.1, -0.05) is 29.8 Å². The van der Waals surface area contributed by atoms with E-state index in [9.17, 15) is 9.59 Å². The molecule has 5 nitrogen and oxygen atoms in total. The van der Waals surface area contributed by atoms with Crippen molar-refractivity contribution in [2.45, 2.75) is 32.6 Å². The summed E-state index contributed by atoms with van der Waals surface area (Å²) in [5, 5.41) is 6.91. The van der Waals surface area contributed by atoms with Gasteiger partial charge in [-0.3, -0.25) is 10.1 Å². The molecule has 0 fully saturated rings. The van der Waals surface area contributed by atoms with Gasteiger partial charge in [-0.15, -0.1) is 11.3 Å². The lowest BCUT2D eigenvalue weighted by atomic mass is 9.95. The van der Waals surface area contributed by atoms with Crippen LogP contribution in [0.15, 0.2) is 30.3 Å². The molecule has 0 atom stereocenters. The topological polar surface area (TPSA) is 67.4 Å². The molecule has 0 spiro atoms. The van der Waals surface area contributed by atoms with Crippen LogP contribution >= 0.6 is 35.2 Å². The Labute approximate surface area is 184 Å². The molecule has 1 aliphatic carbocycles. The number of hydrogen-bond acceptors (Lipinski definition) is 5. The van der Waals surface area contributed by atoms with E-state index in [1.54, 1.807) is 19.1 Å². The van der Waals surface area contributed by atoms with Gasteiger partial charge in [0.15, 0.2) is 5.11 Å². The van der Waals surface area contributed by atoms with Gasteiger partial charge in [-0.2, -0.15) is 0 Å². The Morgan fingerprint density at radius 3 is 2.79 bits per heavy atom. The number of ether oxygens (including phenoxy) is 1. The number of benzene rings is 1. The molecule has 29 heavy (non-hydrogen) atoms. The number of nitrogens with one attached hydrogen (secondary N) is 2. The van der Waals surface area contributed by atoms with Crippen LogP contribution < -0.4 is 10.6 Å². The van der Waals surface area contributed by atoms with E-state index in [4.69, 9.17) is 28.6 Å². The molecule has 0 aliphatic heterocycles. The summed E-state index contributed by atoms with van der Waals surface area (Å²) < 4.78 is 5.23. The number of hydrogen-bond donors (Lipinski definition) is 2. The number of amides is 1. The number of carbonyl (C=O) groups is 2. The largest absolute Gasteiger partial charge is 0.462 e. The van der Waals surface area contributed by atoms with Crippen molar-refractivity contribution in [3.8, 4) is 0 Å². The van der Waals surface area contributed by atoms with Crippen molar-refractivity contribution < 1.29 is 14.3 Å². The minimum Gasteiger partial charge on any atom is -0.462 e. The molecule has 0 unspecified atom stereocenters. The SMILES string of the molecule is CCOC(=O)c1c(NC(=S)NC(=O)/C=C/c2ccccc2Cl)sc2c1CCCC2. The summed E-state index contributed by atoms with van der Waals surface area (Å²) in [7, 11) is 0. The first kappa shape index (κ1) is 21.5. The maximum atomic E-state index is 12.5. The molecule has 1 heterocycles. The predicted molar refractivity (Wildman–Crippen MR) is 122 cm³/mol. The lowest BCUT2D eigenvalue weighted by Gasteiger charge is -2.12. The number of thiocarbonyl (C=S) groups is 1. The zero-order valence-electron chi connectivity index (χ0n) is 15.9. The molecule has 0 saturated heterocycles. The minimum absolute atomic E-state index is 0.128. The third-order valence-electron chi connectivity index (χ3n) is 4.43. The summed E-state index contributed by atoms with van der Waals surface area (Å²) in [6, 6.07) is 7.22. The van der Waals surface area contributed by atoms with E-state index in [0.717, 1.165) is 36.8 Å². The van der Waals surface area contributed by atoms with Crippen LogP contribution in [0.3, 0.4) is 0 Å². The fraction of sp³-hybridized carbons (Fsp3) is 0.286. The predicted octanol–water partition coefficient (Wildman–Crippen LogP) is 4.98. The average Bonchev–Trinajstić information content (AvgIpc) is 3.05. The third-order valence-corrected chi connectivity index (χ3v) is 6.19. The first-order valence-corrected chi connectivity index (χ1v) is 11.0. The molecule has 1 aromatic carbocycles. The van der Waals surface area contributed by atoms with Gasteiger partial charge in [-0.25, -0.2) is 4.79 Å². The Balaban J connectivity index is 1.70. The molecule has 1 amide bonds. The van der Waals surface area contributed by atoms with E-state index in [-0.39, 0.29) is 17.0 Å². The number of thiophene rings is 1. The minimum atomic E-state index is -0.388. The number of carbonyl (C=O) groups excluding carboxylic acids is 2. The second kappa shape index (κ2) is 10.0. The van der Waals surface area contributed by atoms with Crippen molar-refractivity contribution in [2.75, 3.05) is 11.9 Å². The summed E-state index contributed by atoms with van der Waals surface area (Å²) in [5.74, 6) is -0.747. The lowest BCUT2D eigenvalue weighted by molar-refractivity contribution is -0.115. The number of fused-ring (bicyclic) bond motifs is 1. The number of halogens is 1. The Morgan fingerprint density at radius 2 is 2.03 bits per heavy atom. The van der Waals surface area contributed by atoms with E-state index >= 15 is 0 Å². The van der Waals surface area contributed by atoms with Gasteiger partial charge in [0.1, 0.15) is 5.00 Å². The van der Waals surface area contributed by atoms with Crippen LogP contribution in [0.2, 0.25) is 5.02 Å². The van der Waals surface area contributed by atoms with Crippen molar-refractivity contribution in [2.24, 2.45) is 0 Å². The van der Waals surface area contributed by atoms with Crippen LogP contribution in [0.4, 0.5) is 5.00 Å². The summed E-state index contributed by atoms with van der Waals surface area (Å²) in [6.07, 6.45) is 6.91. The maximum absolute atomic E-state index is 12.5. The van der Waals surface area contributed by atoms with Gasteiger partial charge >= 0.3 is 5.97 Å². The van der Waals surface area contributed by atoms with Crippen LogP contribution in [0.5, 0.6) is 0 Å². The van der Waals surface area contributed by atoms with Gasteiger partial charge in [-0.05, 0) is 68.1 Å². The Kier molecular flexibility index (Phi) is 7.41. The van der Waals surface area contributed by atoms with Crippen LogP contribution in [-0.2, 0) is 22.4 Å². The maximum Gasteiger partial charge on any atom is 0.341 e. The molecule has 2 aromatic rings. The first-order chi connectivity index (χ1) is 14.0. The molecule has 1 aromatic heterocycles. The van der Waals surface area contributed by atoms with Gasteiger partial charge in [0.05, 0.1) is 12.2 Å². The quantitative estimate of drug-likeness (QED) is 0.383. The fourth-order valence-corrected chi connectivity index (χ4v) is 4.88. The number of aryl methyl sites for hydroxylation is 1. The van der Waals surface area contributed by atoms with E-state index in [1.807, 2.05) is 18.2 Å². The molecule has 3 rings (SSSR count).